The fourth-order valence-corrected chi connectivity index (χ4v) is 2.58. The Balaban J connectivity index is 1.74. The third-order valence-corrected chi connectivity index (χ3v) is 3.96. The standard InChI is InChI=1S/C19H21NO2/c1-19(2,3)15-5-7-16(8-6-15)20-18(21)14-4-9-17-13(12-14)10-11-22-17/h4-9,12H,10-11H2,1-3H3,(H,20,21). The molecule has 22 heavy (non-hydrogen) atoms. The molecule has 2 aromatic carbocycles. The summed E-state index contributed by atoms with van der Waals surface area (Å²) >= 11 is 0. The fourth-order valence-electron chi connectivity index (χ4n) is 2.58. The van der Waals surface area contributed by atoms with Gasteiger partial charge in [0.25, 0.3) is 5.91 Å². The van der Waals surface area contributed by atoms with Gasteiger partial charge >= 0.3 is 0 Å². The molecule has 0 unspecified atom stereocenters. The van der Waals surface area contributed by atoms with E-state index in [0.29, 0.717) is 12.2 Å². The van der Waals surface area contributed by atoms with Gasteiger partial charge in [-0.2, -0.15) is 0 Å². The van der Waals surface area contributed by atoms with Crippen LogP contribution in [0.5, 0.6) is 5.75 Å². The minimum absolute atomic E-state index is 0.0850. The number of ether oxygens (including phenoxy) is 1. The number of nitrogens with one attached hydrogen (secondary N) is 1. The second kappa shape index (κ2) is 5.48. The molecule has 0 spiro atoms. The molecule has 0 saturated carbocycles. The van der Waals surface area contributed by atoms with Gasteiger partial charge in [-0.25, -0.2) is 0 Å². The molecule has 2 aromatic rings. The molecule has 1 N–H and O–H groups in total. The normalized spacial score (nSPS) is 13.4. The SMILES string of the molecule is CC(C)(C)c1ccc(NC(=O)c2ccc3c(c2)CCO3)cc1. The van der Waals surface area contributed by atoms with E-state index in [1.165, 1.54) is 5.56 Å². The first-order valence-corrected chi connectivity index (χ1v) is 7.61. The topological polar surface area (TPSA) is 38.3 Å². The molecule has 3 nitrogen and oxygen atoms in total. The van der Waals surface area contributed by atoms with Gasteiger partial charge in [0.2, 0.25) is 0 Å². The van der Waals surface area contributed by atoms with E-state index in [4.69, 9.17) is 4.74 Å². The number of benzene rings is 2. The fraction of sp³-hybridized carbons (Fsp3) is 0.316. The molecule has 0 atom stereocenters. The summed E-state index contributed by atoms with van der Waals surface area (Å²) in [7, 11) is 0. The molecular weight excluding hydrogens is 274 g/mol. The van der Waals surface area contributed by atoms with Crippen molar-refractivity contribution in [3.8, 4) is 5.75 Å². The summed E-state index contributed by atoms with van der Waals surface area (Å²) in [5, 5.41) is 2.95. The van der Waals surface area contributed by atoms with E-state index in [1.54, 1.807) is 0 Å². The summed E-state index contributed by atoms with van der Waals surface area (Å²) in [5.74, 6) is 0.810. The molecular formula is C19H21NO2. The predicted octanol–water partition coefficient (Wildman–Crippen LogP) is 4.17. The molecule has 0 radical (unpaired) electrons. The molecule has 1 amide bonds. The van der Waals surface area contributed by atoms with Crippen molar-refractivity contribution < 1.29 is 9.53 Å². The van der Waals surface area contributed by atoms with Crippen LogP contribution < -0.4 is 10.1 Å². The summed E-state index contributed by atoms with van der Waals surface area (Å²) in [5.41, 5.74) is 3.96. The number of hydrogen-bond acceptors (Lipinski definition) is 2. The van der Waals surface area contributed by atoms with E-state index < -0.39 is 0 Å². The molecule has 0 fully saturated rings. The molecule has 0 aliphatic carbocycles. The Bertz CT molecular complexity index is 696. The molecule has 0 aromatic heterocycles. The maximum atomic E-state index is 12.3. The van der Waals surface area contributed by atoms with Crippen LogP contribution in [-0.2, 0) is 11.8 Å². The van der Waals surface area contributed by atoms with Crippen LogP contribution in [0.4, 0.5) is 5.69 Å². The summed E-state index contributed by atoms with van der Waals surface area (Å²) in [4.78, 5) is 12.3. The summed E-state index contributed by atoms with van der Waals surface area (Å²) in [6.07, 6.45) is 0.872. The van der Waals surface area contributed by atoms with Crippen molar-refractivity contribution in [3.05, 3.63) is 59.2 Å². The van der Waals surface area contributed by atoms with Crippen LogP contribution in [0.1, 0.15) is 42.3 Å². The minimum atomic E-state index is -0.0850. The number of carbonyl (C=O) groups excluding carboxylic acids is 1. The first kappa shape index (κ1) is 14.6. The third kappa shape index (κ3) is 2.98. The smallest absolute Gasteiger partial charge is 0.255 e. The first-order chi connectivity index (χ1) is 10.4. The number of amides is 1. The molecule has 3 rings (SSSR count). The summed E-state index contributed by atoms with van der Waals surface area (Å²) in [6.45, 7) is 7.22. The summed E-state index contributed by atoms with van der Waals surface area (Å²) < 4.78 is 5.46. The van der Waals surface area contributed by atoms with Crippen molar-refractivity contribution >= 4 is 11.6 Å². The maximum Gasteiger partial charge on any atom is 0.255 e. The van der Waals surface area contributed by atoms with Gasteiger partial charge in [-0.3, -0.25) is 4.79 Å². The Morgan fingerprint density at radius 1 is 1.09 bits per heavy atom. The lowest BCUT2D eigenvalue weighted by atomic mass is 9.87. The van der Waals surface area contributed by atoms with Gasteiger partial charge < -0.3 is 10.1 Å². The monoisotopic (exact) mass is 295 g/mol. The van der Waals surface area contributed by atoms with E-state index in [2.05, 4.69) is 38.2 Å². The predicted molar refractivity (Wildman–Crippen MR) is 88.7 cm³/mol. The largest absolute Gasteiger partial charge is 0.493 e. The lowest BCUT2D eigenvalue weighted by molar-refractivity contribution is 0.102. The zero-order chi connectivity index (χ0) is 15.7. The van der Waals surface area contributed by atoms with Crippen LogP contribution in [-0.4, -0.2) is 12.5 Å². The number of carbonyl (C=O) groups is 1. The molecule has 3 heteroatoms. The highest BCUT2D eigenvalue weighted by molar-refractivity contribution is 6.04. The van der Waals surface area contributed by atoms with Crippen molar-refractivity contribution in [1.82, 2.24) is 0 Å². The summed E-state index contributed by atoms with van der Waals surface area (Å²) in [6, 6.07) is 13.6. The maximum absolute atomic E-state index is 12.3. The molecule has 114 valence electrons. The van der Waals surface area contributed by atoms with E-state index in [9.17, 15) is 4.79 Å². The van der Waals surface area contributed by atoms with Crippen molar-refractivity contribution in [2.75, 3.05) is 11.9 Å². The van der Waals surface area contributed by atoms with Gasteiger partial charge in [0.1, 0.15) is 5.75 Å². The third-order valence-electron chi connectivity index (χ3n) is 3.96. The van der Waals surface area contributed by atoms with Gasteiger partial charge in [-0.1, -0.05) is 32.9 Å². The van der Waals surface area contributed by atoms with Crippen molar-refractivity contribution in [2.24, 2.45) is 0 Å². The quantitative estimate of drug-likeness (QED) is 0.903. The van der Waals surface area contributed by atoms with Crippen LogP contribution in [0, 0.1) is 0 Å². The van der Waals surface area contributed by atoms with Gasteiger partial charge in [0, 0.05) is 17.7 Å². The molecule has 0 bridgehead atoms. The number of hydrogen-bond donors (Lipinski definition) is 1. The second-order valence-corrected chi connectivity index (χ2v) is 6.70. The van der Waals surface area contributed by atoms with Crippen LogP contribution >= 0.6 is 0 Å². The molecule has 1 aliphatic rings. The minimum Gasteiger partial charge on any atom is -0.493 e. The number of fused-ring (bicyclic) bond motifs is 1. The van der Waals surface area contributed by atoms with Crippen molar-refractivity contribution in [1.29, 1.82) is 0 Å². The van der Waals surface area contributed by atoms with Gasteiger partial charge in [-0.05, 0) is 46.9 Å². The second-order valence-electron chi connectivity index (χ2n) is 6.70. The highest BCUT2D eigenvalue weighted by Gasteiger charge is 2.16. The Morgan fingerprint density at radius 2 is 1.82 bits per heavy atom. The highest BCUT2D eigenvalue weighted by atomic mass is 16.5. The van der Waals surface area contributed by atoms with E-state index in [-0.39, 0.29) is 11.3 Å². The number of anilines is 1. The van der Waals surface area contributed by atoms with Gasteiger partial charge in [0.05, 0.1) is 6.61 Å². The zero-order valence-electron chi connectivity index (χ0n) is 13.3. The Hall–Kier alpha value is -2.29. The highest BCUT2D eigenvalue weighted by Crippen LogP contribution is 2.27. The molecule has 0 saturated heterocycles. The Kier molecular flexibility index (Phi) is 3.65. The molecule has 1 aliphatic heterocycles. The Morgan fingerprint density at radius 3 is 2.50 bits per heavy atom. The van der Waals surface area contributed by atoms with Crippen LogP contribution in [0.25, 0.3) is 0 Å². The van der Waals surface area contributed by atoms with Gasteiger partial charge in [0.15, 0.2) is 0 Å². The average molecular weight is 295 g/mol. The zero-order valence-corrected chi connectivity index (χ0v) is 13.3. The number of rotatable bonds is 2. The Labute approximate surface area is 131 Å². The van der Waals surface area contributed by atoms with Crippen molar-refractivity contribution in [3.63, 3.8) is 0 Å². The van der Waals surface area contributed by atoms with Crippen LogP contribution in [0.3, 0.4) is 0 Å². The van der Waals surface area contributed by atoms with Crippen LogP contribution in [0.2, 0.25) is 0 Å². The van der Waals surface area contributed by atoms with E-state index >= 15 is 0 Å². The molecule has 1 heterocycles. The first-order valence-electron chi connectivity index (χ1n) is 7.61. The lowest BCUT2D eigenvalue weighted by Crippen LogP contribution is -2.13. The van der Waals surface area contributed by atoms with Crippen LogP contribution in [0.15, 0.2) is 42.5 Å². The van der Waals surface area contributed by atoms with E-state index in [1.807, 2.05) is 30.3 Å². The average Bonchev–Trinajstić information content (AvgIpc) is 2.94. The van der Waals surface area contributed by atoms with Gasteiger partial charge in [-0.15, -0.1) is 0 Å². The van der Waals surface area contributed by atoms with E-state index in [0.717, 1.165) is 23.4 Å². The van der Waals surface area contributed by atoms with Crippen molar-refractivity contribution in [2.45, 2.75) is 32.6 Å². The lowest BCUT2D eigenvalue weighted by Gasteiger charge is -2.19.